The Bertz CT molecular complexity index is 1040. The van der Waals surface area contributed by atoms with E-state index in [1.165, 1.54) is 0 Å². The molecular weight excluding hydrogens is 426 g/mol. The van der Waals surface area contributed by atoms with Gasteiger partial charge >= 0.3 is 0 Å². The van der Waals surface area contributed by atoms with Crippen LogP contribution in [-0.2, 0) is 11.3 Å². The van der Waals surface area contributed by atoms with Crippen LogP contribution in [0.5, 0.6) is 17.2 Å². The number of nitrogens with zero attached hydrogens (tertiary/aromatic N) is 1. The molecule has 0 spiro atoms. The molecule has 0 fully saturated rings. The number of carbonyl (C=O) groups excluding carboxylic acids is 1. The van der Waals surface area contributed by atoms with Gasteiger partial charge in [0.25, 0.3) is 0 Å². The monoisotopic (exact) mass is 461 g/mol. The molecule has 0 bridgehead atoms. The van der Waals surface area contributed by atoms with Gasteiger partial charge in [0, 0.05) is 31.5 Å². The highest BCUT2D eigenvalue weighted by atomic mass is 16.5. The number of carbonyl (C=O) groups is 1. The molecule has 0 aliphatic heterocycles. The van der Waals surface area contributed by atoms with Gasteiger partial charge in [-0.25, -0.2) is 0 Å². The van der Waals surface area contributed by atoms with E-state index in [9.17, 15) is 4.79 Å². The molecule has 0 aliphatic carbocycles. The van der Waals surface area contributed by atoms with Crippen LogP contribution in [0, 0.1) is 0 Å². The maximum Gasteiger partial charge on any atom is 0.219 e. The highest BCUT2D eigenvalue weighted by molar-refractivity contribution is 5.73. The Morgan fingerprint density at radius 2 is 1.50 bits per heavy atom. The molecule has 0 saturated heterocycles. The average Bonchev–Trinajstić information content (AvgIpc) is 2.84. The molecule has 34 heavy (non-hydrogen) atoms. The maximum absolute atomic E-state index is 12.5. The van der Waals surface area contributed by atoms with Gasteiger partial charge in [-0.3, -0.25) is 4.79 Å². The fraction of sp³-hybridized carbons (Fsp3) is 0.345. The van der Waals surface area contributed by atoms with Gasteiger partial charge in [-0.2, -0.15) is 0 Å². The number of ether oxygens (including phenoxy) is 3. The largest absolute Gasteiger partial charge is 0.497 e. The van der Waals surface area contributed by atoms with Crippen LogP contribution >= 0.6 is 0 Å². The summed E-state index contributed by atoms with van der Waals surface area (Å²) in [5, 5.41) is 0. The van der Waals surface area contributed by atoms with Crippen molar-refractivity contribution in [3.05, 3.63) is 89.5 Å². The Hall–Kier alpha value is -3.47. The Balaban J connectivity index is 1.84. The molecule has 5 nitrogen and oxygen atoms in total. The standard InChI is InChI=1S/C29H35NO4/c1-21(2)34-26-16-12-24(13-17-26)27(28-8-6-7-9-29(28)33-5)18-19-30(22(3)31)20-23-10-14-25(32-4)15-11-23/h6-17,21,27H,18-20H2,1-5H3. The van der Waals surface area contributed by atoms with Crippen molar-refractivity contribution in [3.63, 3.8) is 0 Å². The van der Waals surface area contributed by atoms with Gasteiger partial charge in [0.05, 0.1) is 20.3 Å². The van der Waals surface area contributed by atoms with Gasteiger partial charge in [-0.1, -0.05) is 42.5 Å². The third kappa shape index (κ3) is 6.77. The van der Waals surface area contributed by atoms with E-state index in [1.54, 1.807) is 21.1 Å². The second-order valence-electron chi connectivity index (χ2n) is 8.61. The van der Waals surface area contributed by atoms with Gasteiger partial charge in [0.2, 0.25) is 5.91 Å². The van der Waals surface area contributed by atoms with Crippen molar-refractivity contribution in [3.8, 4) is 17.2 Å². The smallest absolute Gasteiger partial charge is 0.219 e. The second kappa shape index (κ2) is 12.1. The number of para-hydroxylation sites is 1. The molecule has 0 radical (unpaired) electrons. The van der Waals surface area contributed by atoms with Gasteiger partial charge in [0.15, 0.2) is 0 Å². The number of methoxy groups -OCH3 is 2. The van der Waals surface area contributed by atoms with Crippen LogP contribution in [0.4, 0.5) is 0 Å². The molecule has 1 amide bonds. The van der Waals surface area contributed by atoms with E-state index >= 15 is 0 Å². The minimum atomic E-state index is 0.0512. The zero-order valence-electron chi connectivity index (χ0n) is 20.8. The number of hydrogen-bond acceptors (Lipinski definition) is 4. The topological polar surface area (TPSA) is 48.0 Å². The summed E-state index contributed by atoms with van der Waals surface area (Å²) in [4.78, 5) is 14.4. The van der Waals surface area contributed by atoms with Crippen molar-refractivity contribution < 1.29 is 19.0 Å². The zero-order valence-corrected chi connectivity index (χ0v) is 20.8. The summed E-state index contributed by atoms with van der Waals surface area (Å²) in [6.45, 7) is 6.84. The first-order valence-corrected chi connectivity index (χ1v) is 11.7. The van der Waals surface area contributed by atoms with Gasteiger partial charge < -0.3 is 19.1 Å². The van der Waals surface area contributed by atoms with Crippen molar-refractivity contribution in [2.75, 3.05) is 20.8 Å². The van der Waals surface area contributed by atoms with E-state index in [2.05, 4.69) is 18.2 Å². The summed E-state index contributed by atoms with van der Waals surface area (Å²) in [6.07, 6.45) is 0.887. The summed E-state index contributed by atoms with van der Waals surface area (Å²) >= 11 is 0. The first-order chi connectivity index (χ1) is 16.4. The summed E-state index contributed by atoms with van der Waals surface area (Å²) in [7, 11) is 3.34. The molecule has 0 aliphatic rings. The first kappa shape index (κ1) is 25.2. The highest BCUT2D eigenvalue weighted by Gasteiger charge is 2.21. The predicted molar refractivity (Wildman–Crippen MR) is 136 cm³/mol. The van der Waals surface area contributed by atoms with E-state index in [0.717, 1.165) is 40.4 Å². The molecule has 3 aromatic rings. The van der Waals surface area contributed by atoms with Gasteiger partial charge in [-0.05, 0) is 61.7 Å². The number of benzene rings is 3. The molecule has 1 atom stereocenters. The molecule has 180 valence electrons. The maximum atomic E-state index is 12.5. The first-order valence-electron chi connectivity index (χ1n) is 11.7. The van der Waals surface area contributed by atoms with Crippen LogP contribution in [0.25, 0.3) is 0 Å². The summed E-state index contributed by atoms with van der Waals surface area (Å²) in [6, 6.07) is 24.2. The van der Waals surface area contributed by atoms with Crippen molar-refractivity contribution in [2.45, 2.75) is 45.8 Å². The Kier molecular flexibility index (Phi) is 8.97. The molecular formula is C29H35NO4. The minimum Gasteiger partial charge on any atom is -0.497 e. The fourth-order valence-electron chi connectivity index (χ4n) is 4.09. The van der Waals surface area contributed by atoms with Crippen LogP contribution in [0.3, 0.4) is 0 Å². The quantitative estimate of drug-likeness (QED) is 0.348. The molecule has 0 N–H and O–H groups in total. The average molecular weight is 462 g/mol. The molecule has 0 saturated carbocycles. The van der Waals surface area contributed by atoms with Crippen molar-refractivity contribution >= 4 is 5.91 Å². The lowest BCUT2D eigenvalue weighted by atomic mass is 9.87. The van der Waals surface area contributed by atoms with Gasteiger partial charge in [0.1, 0.15) is 17.2 Å². The van der Waals surface area contributed by atoms with E-state index in [1.807, 2.05) is 73.3 Å². The lowest BCUT2D eigenvalue weighted by molar-refractivity contribution is -0.129. The highest BCUT2D eigenvalue weighted by Crippen LogP contribution is 2.35. The molecule has 5 heteroatoms. The van der Waals surface area contributed by atoms with Gasteiger partial charge in [-0.15, -0.1) is 0 Å². The third-order valence-corrected chi connectivity index (χ3v) is 5.83. The summed E-state index contributed by atoms with van der Waals surface area (Å²) < 4.78 is 16.8. The van der Waals surface area contributed by atoms with E-state index in [-0.39, 0.29) is 17.9 Å². The third-order valence-electron chi connectivity index (χ3n) is 5.83. The lowest BCUT2D eigenvalue weighted by Crippen LogP contribution is -2.30. The summed E-state index contributed by atoms with van der Waals surface area (Å²) in [5.41, 5.74) is 3.34. The van der Waals surface area contributed by atoms with E-state index < -0.39 is 0 Å². The minimum absolute atomic E-state index is 0.0512. The SMILES string of the molecule is COc1ccc(CN(CCC(c2ccc(OC(C)C)cc2)c2ccccc2OC)C(C)=O)cc1. The zero-order chi connectivity index (χ0) is 24.5. The molecule has 0 heterocycles. The predicted octanol–water partition coefficient (Wildman–Crippen LogP) is 6.06. The Labute approximate surface area is 203 Å². The summed E-state index contributed by atoms with van der Waals surface area (Å²) in [5.74, 6) is 2.62. The normalized spacial score (nSPS) is 11.7. The van der Waals surface area contributed by atoms with Crippen LogP contribution in [0.1, 0.15) is 49.8 Å². The Morgan fingerprint density at radius 3 is 2.09 bits per heavy atom. The fourth-order valence-corrected chi connectivity index (χ4v) is 4.09. The number of hydrogen-bond donors (Lipinski definition) is 0. The van der Waals surface area contributed by atoms with Crippen molar-refractivity contribution in [2.24, 2.45) is 0 Å². The Morgan fingerprint density at radius 1 is 0.853 bits per heavy atom. The van der Waals surface area contributed by atoms with Crippen LogP contribution < -0.4 is 14.2 Å². The number of rotatable bonds is 11. The van der Waals surface area contributed by atoms with Crippen LogP contribution in [-0.4, -0.2) is 37.7 Å². The van der Waals surface area contributed by atoms with E-state index in [4.69, 9.17) is 14.2 Å². The molecule has 0 aromatic heterocycles. The van der Waals surface area contributed by atoms with Crippen molar-refractivity contribution in [1.82, 2.24) is 4.90 Å². The number of amides is 1. The van der Waals surface area contributed by atoms with Crippen LogP contribution in [0.15, 0.2) is 72.8 Å². The molecule has 1 unspecified atom stereocenters. The molecule has 3 rings (SSSR count). The van der Waals surface area contributed by atoms with E-state index in [0.29, 0.717) is 13.1 Å². The lowest BCUT2D eigenvalue weighted by Gasteiger charge is -2.26. The van der Waals surface area contributed by atoms with Crippen LogP contribution in [0.2, 0.25) is 0 Å². The molecule has 3 aromatic carbocycles. The van der Waals surface area contributed by atoms with Crippen molar-refractivity contribution in [1.29, 1.82) is 0 Å². The second-order valence-corrected chi connectivity index (χ2v) is 8.61.